The Labute approximate surface area is 147 Å². The molecule has 2 saturated carbocycles. The number of rotatable bonds is 3. The van der Waals surface area contributed by atoms with Crippen LogP contribution in [0.2, 0.25) is 0 Å². The molecule has 3 aliphatic rings. The Kier molecular flexibility index (Phi) is 3.22. The number of carbonyl (C=O) groups excluding carboxylic acids is 1. The van der Waals surface area contributed by atoms with Crippen LogP contribution in [-0.2, 0) is 4.79 Å². The summed E-state index contributed by atoms with van der Waals surface area (Å²) in [6.07, 6.45) is 4.32. The number of aromatic nitrogens is 2. The van der Waals surface area contributed by atoms with Gasteiger partial charge in [-0.15, -0.1) is 0 Å². The lowest BCUT2D eigenvalue weighted by Crippen LogP contribution is -2.46. The smallest absolute Gasteiger partial charge is 0.531 e. The summed E-state index contributed by atoms with van der Waals surface area (Å²) in [5, 5.41) is 13.6. The molecule has 0 saturated heterocycles. The van der Waals surface area contributed by atoms with Crippen LogP contribution >= 0.6 is 0 Å². The number of pyridine rings is 1. The third kappa shape index (κ3) is 2.41. The van der Waals surface area contributed by atoms with Crippen molar-refractivity contribution in [3.05, 3.63) is 30.0 Å². The zero-order valence-corrected chi connectivity index (χ0v) is 13.7. The van der Waals surface area contributed by atoms with Crippen molar-refractivity contribution in [1.29, 1.82) is 0 Å². The van der Waals surface area contributed by atoms with Crippen LogP contribution in [0.4, 0.5) is 8.78 Å². The Morgan fingerprint density at radius 1 is 1.46 bits per heavy atom. The molecule has 9 heteroatoms. The van der Waals surface area contributed by atoms with Crippen molar-refractivity contribution >= 4 is 29.6 Å². The zero-order chi connectivity index (χ0) is 18.1. The standard InChI is InChI=1S/C17H16BF2N3O3/c19-17(20)5-12(17)16(24)23-9-3-8(4-9)11-6-18(25)26-13-7-22-15-10(14(11)13)1-2-21-15/h1-2,6-9,12,25H,3-5H2,(H,21,22)(H,23,24). The first-order valence-corrected chi connectivity index (χ1v) is 8.63. The molecule has 2 aliphatic carbocycles. The summed E-state index contributed by atoms with van der Waals surface area (Å²) in [5.41, 5.74) is 2.58. The number of hydrogen-bond donors (Lipinski definition) is 3. The van der Waals surface area contributed by atoms with Crippen LogP contribution in [0.5, 0.6) is 5.75 Å². The molecule has 0 bridgehead atoms. The highest BCUT2D eigenvalue weighted by Crippen LogP contribution is 2.50. The lowest BCUT2D eigenvalue weighted by Gasteiger charge is -2.39. The molecule has 1 aliphatic heterocycles. The van der Waals surface area contributed by atoms with Crippen molar-refractivity contribution < 1.29 is 23.3 Å². The van der Waals surface area contributed by atoms with E-state index in [1.165, 1.54) is 0 Å². The minimum atomic E-state index is -2.84. The molecule has 6 nitrogen and oxygen atoms in total. The van der Waals surface area contributed by atoms with Crippen LogP contribution in [0.3, 0.4) is 0 Å². The molecule has 5 rings (SSSR count). The SMILES string of the molecule is O=C(NC1CC(C2=CB(O)Oc3cnc4[nH]ccc4c32)C1)C1CC1(F)F. The van der Waals surface area contributed by atoms with E-state index >= 15 is 0 Å². The summed E-state index contributed by atoms with van der Waals surface area (Å²) in [6.45, 7) is 0. The van der Waals surface area contributed by atoms with Gasteiger partial charge in [-0.1, -0.05) is 0 Å². The Morgan fingerprint density at radius 3 is 2.96 bits per heavy atom. The van der Waals surface area contributed by atoms with Crippen LogP contribution in [0.15, 0.2) is 24.4 Å². The Morgan fingerprint density at radius 2 is 2.23 bits per heavy atom. The van der Waals surface area contributed by atoms with Gasteiger partial charge in [0.15, 0.2) is 0 Å². The van der Waals surface area contributed by atoms with Crippen LogP contribution in [-0.4, -0.2) is 40.0 Å². The number of fused-ring (bicyclic) bond motifs is 3. The lowest BCUT2D eigenvalue weighted by atomic mass is 9.68. The molecular weight excluding hydrogens is 343 g/mol. The number of halogens is 2. The van der Waals surface area contributed by atoms with Gasteiger partial charge < -0.3 is 20.0 Å². The predicted molar refractivity (Wildman–Crippen MR) is 90.4 cm³/mol. The first-order chi connectivity index (χ1) is 12.4. The predicted octanol–water partition coefficient (Wildman–Crippen LogP) is 1.91. The highest BCUT2D eigenvalue weighted by Gasteiger charge is 2.61. The fourth-order valence-electron chi connectivity index (χ4n) is 3.91. The number of nitrogens with zero attached hydrogens (tertiary/aromatic N) is 1. The van der Waals surface area contributed by atoms with Gasteiger partial charge in [0.1, 0.15) is 17.3 Å². The van der Waals surface area contributed by atoms with E-state index in [0.717, 1.165) is 22.2 Å². The number of H-pyrrole nitrogens is 1. The number of amides is 1. The molecule has 3 N–H and O–H groups in total. The number of nitrogens with one attached hydrogen (secondary N) is 2. The van der Waals surface area contributed by atoms with E-state index in [1.807, 2.05) is 6.07 Å². The van der Waals surface area contributed by atoms with Gasteiger partial charge in [0.25, 0.3) is 5.92 Å². The van der Waals surface area contributed by atoms with E-state index in [9.17, 15) is 18.6 Å². The van der Waals surface area contributed by atoms with E-state index in [4.69, 9.17) is 4.65 Å². The van der Waals surface area contributed by atoms with Gasteiger partial charge in [-0.05, 0) is 36.4 Å². The number of alkyl halides is 2. The lowest BCUT2D eigenvalue weighted by molar-refractivity contribution is -0.125. The highest BCUT2D eigenvalue weighted by atomic mass is 19.3. The summed E-state index contributed by atoms with van der Waals surface area (Å²) in [6, 6.07) is 1.79. The largest absolute Gasteiger partial charge is 0.552 e. The Bertz CT molecular complexity index is 938. The second kappa shape index (κ2) is 5.29. The van der Waals surface area contributed by atoms with Gasteiger partial charge >= 0.3 is 7.12 Å². The molecule has 2 aromatic rings. The van der Waals surface area contributed by atoms with Crippen LogP contribution in [0, 0.1) is 11.8 Å². The molecule has 2 aromatic heterocycles. The van der Waals surface area contributed by atoms with Crippen molar-refractivity contribution in [3.8, 4) is 5.75 Å². The minimum absolute atomic E-state index is 0.114. The first kappa shape index (κ1) is 15.8. The maximum Gasteiger partial charge on any atom is 0.552 e. The van der Waals surface area contributed by atoms with Gasteiger partial charge in [-0.3, -0.25) is 4.79 Å². The van der Waals surface area contributed by atoms with Crippen LogP contribution in [0.1, 0.15) is 24.8 Å². The molecule has 1 amide bonds. The van der Waals surface area contributed by atoms with Gasteiger partial charge in [0, 0.05) is 29.6 Å². The van der Waals surface area contributed by atoms with E-state index in [1.54, 1.807) is 18.4 Å². The Hall–Kier alpha value is -2.42. The maximum absolute atomic E-state index is 13.0. The maximum atomic E-state index is 13.0. The van der Waals surface area contributed by atoms with Crippen LogP contribution in [0.25, 0.3) is 16.6 Å². The van der Waals surface area contributed by atoms with E-state index < -0.39 is 24.9 Å². The van der Waals surface area contributed by atoms with E-state index in [2.05, 4.69) is 15.3 Å². The third-order valence-corrected chi connectivity index (χ3v) is 5.48. The van der Waals surface area contributed by atoms with Crippen molar-refractivity contribution in [2.45, 2.75) is 31.2 Å². The topological polar surface area (TPSA) is 87.2 Å². The van der Waals surface area contributed by atoms with Gasteiger partial charge in [0.2, 0.25) is 5.91 Å². The summed E-state index contributed by atoms with van der Waals surface area (Å²) >= 11 is 0. The summed E-state index contributed by atoms with van der Waals surface area (Å²) in [7, 11) is -1.05. The number of carbonyl (C=O) groups is 1. The molecule has 0 spiro atoms. The second-order valence-electron chi connectivity index (χ2n) is 7.26. The van der Waals surface area contributed by atoms with Gasteiger partial charge in [-0.25, -0.2) is 13.8 Å². The fraction of sp³-hybridized carbons (Fsp3) is 0.412. The molecular formula is C17H16BF2N3O3. The quantitative estimate of drug-likeness (QED) is 0.731. The van der Waals surface area contributed by atoms with Crippen LogP contribution < -0.4 is 9.97 Å². The summed E-state index contributed by atoms with van der Waals surface area (Å²) < 4.78 is 31.4. The monoisotopic (exact) mass is 359 g/mol. The van der Waals surface area contributed by atoms with Crippen molar-refractivity contribution in [3.63, 3.8) is 0 Å². The van der Waals surface area contributed by atoms with Crippen molar-refractivity contribution in [2.24, 2.45) is 11.8 Å². The normalized spacial score (nSPS) is 28.7. The van der Waals surface area contributed by atoms with E-state index in [-0.39, 0.29) is 18.4 Å². The number of allylic oxidation sites excluding steroid dienone is 1. The molecule has 26 heavy (non-hydrogen) atoms. The molecule has 1 atom stereocenters. The molecule has 3 heterocycles. The number of hydrogen-bond acceptors (Lipinski definition) is 4. The summed E-state index contributed by atoms with van der Waals surface area (Å²) in [5.74, 6) is -2.25. The van der Waals surface area contributed by atoms with Gasteiger partial charge in [-0.2, -0.15) is 0 Å². The minimum Gasteiger partial charge on any atom is -0.531 e. The molecule has 2 fully saturated rings. The molecule has 1 unspecified atom stereocenters. The Balaban J connectivity index is 1.34. The van der Waals surface area contributed by atoms with Crippen molar-refractivity contribution in [1.82, 2.24) is 15.3 Å². The first-order valence-electron chi connectivity index (χ1n) is 8.63. The number of aromatic amines is 1. The second-order valence-corrected chi connectivity index (χ2v) is 7.26. The molecule has 134 valence electrons. The third-order valence-electron chi connectivity index (χ3n) is 5.48. The fourth-order valence-corrected chi connectivity index (χ4v) is 3.91. The average molecular weight is 359 g/mol. The highest BCUT2D eigenvalue weighted by molar-refractivity contribution is 6.52. The average Bonchev–Trinajstić information content (AvgIpc) is 2.98. The summed E-state index contributed by atoms with van der Waals surface area (Å²) in [4.78, 5) is 19.1. The molecule has 0 aromatic carbocycles. The van der Waals surface area contributed by atoms with E-state index in [0.29, 0.717) is 18.6 Å². The molecule has 0 radical (unpaired) electrons. The van der Waals surface area contributed by atoms with Gasteiger partial charge in [0.05, 0.1) is 6.20 Å². The zero-order valence-electron chi connectivity index (χ0n) is 13.7. The van der Waals surface area contributed by atoms with Crippen molar-refractivity contribution in [2.75, 3.05) is 0 Å².